The number of nitrogens with one attached hydrogen (secondary N) is 2. The number of hydrogen-bond donors (Lipinski definition) is 2. The van der Waals surface area contributed by atoms with Crippen LogP contribution in [0, 0.1) is 0 Å². The van der Waals surface area contributed by atoms with Crippen LogP contribution in [0.2, 0.25) is 0 Å². The smallest absolute Gasteiger partial charge is 0.251 e. The van der Waals surface area contributed by atoms with Crippen molar-refractivity contribution in [2.45, 2.75) is 13.3 Å². The molecule has 0 bridgehead atoms. The molecular formula is C14H14ClN3O2. The summed E-state index contributed by atoms with van der Waals surface area (Å²) in [7, 11) is 0. The summed E-state index contributed by atoms with van der Waals surface area (Å²) in [5, 5.41) is 2.65. The maximum Gasteiger partial charge on any atom is 0.251 e. The second-order valence-electron chi connectivity index (χ2n) is 4.20. The first-order chi connectivity index (χ1) is 9.62. The number of carbonyl (C=O) groups excluding carboxylic acids is 1. The first-order valence-corrected chi connectivity index (χ1v) is 6.72. The summed E-state index contributed by atoms with van der Waals surface area (Å²) in [4.78, 5) is 29.9. The van der Waals surface area contributed by atoms with E-state index in [0.717, 1.165) is 11.3 Å². The summed E-state index contributed by atoms with van der Waals surface area (Å²) in [6.07, 6.45) is 0.680. The van der Waals surface area contributed by atoms with Crippen LogP contribution in [0.5, 0.6) is 0 Å². The molecule has 104 valence electrons. The van der Waals surface area contributed by atoms with Gasteiger partial charge in [-0.05, 0) is 18.6 Å². The van der Waals surface area contributed by atoms with Gasteiger partial charge in [-0.2, -0.15) is 0 Å². The van der Waals surface area contributed by atoms with Crippen LogP contribution in [-0.2, 0) is 11.2 Å². The predicted octanol–water partition coefficient (Wildman–Crippen LogP) is 2.18. The molecule has 20 heavy (non-hydrogen) atoms. The number of aromatic nitrogens is 2. The van der Waals surface area contributed by atoms with Gasteiger partial charge < -0.3 is 10.3 Å². The lowest BCUT2D eigenvalue weighted by Crippen LogP contribution is -2.13. The first kappa shape index (κ1) is 14.3. The van der Waals surface area contributed by atoms with Gasteiger partial charge in [0, 0.05) is 23.0 Å². The molecule has 2 rings (SSSR count). The van der Waals surface area contributed by atoms with Crippen LogP contribution in [0.3, 0.4) is 0 Å². The highest BCUT2D eigenvalue weighted by Gasteiger charge is 2.06. The van der Waals surface area contributed by atoms with Crippen LogP contribution >= 0.6 is 11.6 Å². The highest BCUT2D eigenvalue weighted by atomic mass is 35.5. The second-order valence-corrected chi connectivity index (χ2v) is 4.47. The zero-order chi connectivity index (χ0) is 14.5. The number of hydrogen-bond acceptors (Lipinski definition) is 3. The van der Waals surface area contributed by atoms with E-state index in [0.29, 0.717) is 17.9 Å². The van der Waals surface area contributed by atoms with Gasteiger partial charge in [0.2, 0.25) is 5.91 Å². The van der Waals surface area contributed by atoms with Crippen molar-refractivity contribution in [3.8, 4) is 11.4 Å². The summed E-state index contributed by atoms with van der Waals surface area (Å²) in [6, 6.07) is 8.55. The van der Waals surface area contributed by atoms with Gasteiger partial charge >= 0.3 is 0 Å². The molecule has 0 saturated heterocycles. The minimum absolute atomic E-state index is 0.107. The lowest BCUT2D eigenvalue weighted by atomic mass is 10.2. The summed E-state index contributed by atoms with van der Waals surface area (Å²) < 4.78 is 0. The van der Waals surface area contributed by atoms with Crippen LogP contribution in [0.15, 0.2) is 35.1 Å². The molecule has 0 aliphatic heterocycles. The van der Waals surface area contributed by atoms with Gasteiger partial charge in [-0.15, -0.1) is 11.6 Å². The Morgan fingerprint density at radius 2 is 2.20 bits per heavy atom. The number of aromatic amines is 1. The van der Waals surface area contributed by atoms with E-state index in [1.807, 2.05) is 13.0 Å². The molecule has 0 aliphatic carbocycles. The number of carbonyl (C=O) groups is 1. The number of halogens is 1. The van der Waals surface area contributed by atoms with Crippen LogP contribution in [-0.4, -0.2) is 21.8 Å². The molecule has 0 atom stereocenters. The van der Waals surface area contributed by atoms with Crippen molar-refractivity contribution in [2.24, 2.45) is 0 Å². The zero-order valence-electron chi connectivity index (χ0n) is 10.9. The maximum absolute atomic E-state index is 11.6. The molecule has 2 aromatic rings. The molecule has 1 aromatic heterocycles. The zero-order valence-corrected chi connectivity index (χ0v) is 11.7. The van der Waals surface area contributed by atoms with Crippen molar-refractivity contribution in [1.82, 2.24) is 9.97 Å². The van der Waals surface area contributed by atoms with Gasteiger partial charge in [-0.3, -0.25) is 9.59 Å². The molecule has 6 heteroatoms. The van der Waals surface area contributed by atoms with Gasteiger partial charge in [-0.1, -0.05) is 19.1 Å². The van der Waals surface area contributed by atoms with Crippen molar-refractivity contribution < 1.29 is 4.79 Å². The number of benzene rings is 1. The molecule has 0 spiro atoms. The van der Waals surface area contributed by atoms with Crippen molar-refractivity contribution in [3.63, 3.8) is 0 Å². The lowest BCUT2D eigenvalue weighted by Gasteiger charge is -2.06. The summed E-state index contributed by atoms with van der Waals surface area (Å²) in [5.74, 6) is 0.0915. The van der Waals surface area contributed by atoms with E-state index in [4.69, 9.17) is 11.6 Å². The minimum atomic E-state index is -0.285. The Bertz CT molecular complexity index is 682. The lowest BCUT2D eigenvalue weighted by molar-refractivity contribution is -0.113. The van der Waals surface area contributed by atoms with E-state index in [-0.39, 0.29) is 17.3 Å². The minimum Gasteiger partial charge on any atom is -0.325 e. The van der Waals surface area contributed by atoms with E-state index in [1.54, 1.807) is 18.2 Å². The molecule has 0 aliphatic rings. The van der Waals surface area contributed by atoms with E-state index < -0.39 is 0 Å². The Kier molecular flexibility index (Phi) is 4.53. The first-order valence-electron chi connectivity index (χ1n) is 6.19. The Morgan fingerprint density at radius 3 is 2.90 bits per heavy atom. The fourth-order valence-electron chi connectivity index (χ4n) is 1.76. The molecule has 1 heterocycles. The number of H-pyrrole nitrogens is 1. The Labute approximate surface area is 121 Å². The summed E-state index contributed by atoms with van der Waals surface area (Å²) in [6.45, 7) is 1.93. The largest absolute Gasteiger partial charge is 0.325 e. The number of alkyl halides is 1. The highest BCUT2D eigenvalue weighted by molar-refractivity contribution is 6.29. The van der Waals surface area contributed by atoms with Crippen molar-refractivity contribution in [2.75, 3.05) is 11.2 Å². The molecule has 0 unspecified atom stereocenters. The normalized spacial score (nSPS) is 10.3. The molecule has 1 aromatic carbocycles. The summed E-state index contributed by atoms with van der Waals surface area (Å²) >= 11 is 5.45. The van der Waals surface area contributed by atoms with Crippen LogP contribution in [0.4, 0.5) is 5.69 Å². The Balaban J connectivity index is 2.38. The van der Waals surface area contributed by atoms with Crippen LogP contribution in [0.25, 0.3) is 11.4 Å². The van der Waals surface area contributed by atoms with E-state index in [1.165, 1.54) is 6.07 Å². The second kappa shape index (κ2) is 6.34. The maximum atomic E-state index is 11.6. The molecule has 2 N–H and O–H groups in total. The number of rotatable bonds is 4. The average molecular weight is 292 g/mol. The van der Waals surface area contributed by atoms with Crippen molar-refractivity contribution >= 4 is 23.2 Å². The van der Waals surface area contributed by atoms with E-state index in [9.17, 15) is 9.59 Å². The third-order valence-corrected chi connectivity index (χ3v) is 2.94. The topological polar surface area (TPSA) is 74.8 Å². The van der Waals surface area contributed by atoms with Crippen LogP contribution < -0.4 is 10.9 Å². The molecule has 1 amide bonds. The number of nitrogens with zero attached hydrogens (tertiary/aromatic N) is 1. The SMILES string of the molecule is CCc1cc(=O)[nH]c(-c2cccc(NC(=O)CCl)c2)n1. The molecule has 0 radical (unpaired) electrons. The van der Waals surface area contributed by atoms with Gasteiger partial charge in [0.25, 0.3) is 5.56 Å². The van der Waals surface area contributed by atoms with Crippen molar-refractivity contribution in [3.05, 3.63) is 46.4 Å². The van der Waals surface area contributed by atoms with E-state index >= 15 is 0 Å². The van der Waals surface area contributed by atoms with Gasteiger partial charge in [0.15, 0.2) is 0 Å². The quantitative estimate of drug-likeness (QED) is 0.848. The third kappa shape index (κ3) is 3.45. The summed E-state index contributed by atoms with van der Waals surface area (Å²) in [5.41, 5.74) is 1.86. The van der Waals surface area contributed by atoms with Crippen LogP contribution in [0.1, 0.15) is 12.6 Å². The van der Waals surface area contributed by atoms with E-state index in [2.05, 4.69) is 15.3 Å². The van der Waals surface area contributed by atoms with Gasteiger partial charge in [-0.25, -0.2) is 4.98 Å². The Hall–Kier alpha value is -2.14. The number of amides is 1. The number of aryl methyl sites for hydroxylation is 1. The third-order valence-electron chi connectivity index (χ3n) is 2.70. The monoisotopic (exact) mass is 291 g/mol. The molecule has 0 saturated carbocycles. The van der Waals surface area contributed by atoms with Gasteiger partial charge in [0.05, 0.1) is 0 Å². The average Bonchev–Trinajstić information content (AvgIpc) is 2.46. The molecular weight excluding hydrogens is 278 g/mol. The fourth-order valence-corrected chi connectivity index (χ4v) is 1.83. The van der Waals surface area contributed by atoms with Crippen molar-refractivity contribution in [1.29, 1.82) is 0 Å². The molecule has 0 fully saturated rings. The number of anilines is 1. The van der Waals surface area contributed by atoms with Gasteiger partial charge in [0.1, 0.15) is 11.7 Å². The Morgan fingerprint density at radius 1 is 1.40 bits per heavy atom. The predicted molar refractivity (Wildman–Crippen MR) is 79.0 cm³/mol. The fraction of sp³-hybridized carbons (Fsp3) is 0.214. The standard InChI is InChI=1S/C14H14ClN3O2/c1-2-10-7-12(19)18-14(17-10)9-4-3-5-11(6-9)16-13(20)8-15/h3-7H,2,8H2,1H3,(H,16,20)(H,17,18,19). The highest BCUT2D eigenvalue weighted by Crippen LogP contribution is 2.18. The molecule has 5 nitrogen and oxygen atoms in total.